The first-order chi connectivity index (χ1) is 9.40. The topological polar surface area (TPSA) is 18.5 Å². The van der Waals surface area contributed by atoms with Gasteiger partial charge in [-0.3, -0.25) is 0 Å². The van der Waals surface area contributed by atoms with Crippen LogP contribution in [0.1, 0.15) is 0 Å². The predicted octanol–water partition coefficient (Wildman–Crippen LogP) is 7.72. The zero-order valence-electron chi connectivity index (χ0n) is 9.24. The van der Waals surface area contributed by atoms with E-state index in [1.54, 1.807) is 12.1 Å². The molecule has 2 aromatic carbocycles. The van der Waals surface area contributed by atoms with Gasteiger partial charge in [-0.25, -0.2) is 0 Å². The maximum absolute atomic E-state index is 6.19. The Morgan fingerprint density at radius 2 is 1.35 bits per heavy atom. The van der Waals surface area contributed by atoms with E-state index in [9.17, 15) is 0 Å². The number of hydrogen-bond donors (Lipinski definition) is 0. The smallest absolute Gasteiger partial charge is 0.190 e. The molecular formula is C12H2Br2Cl4O2. The lowest BCUT2D eigenvalue weighted by atomic mass is 10.2. The SMILES string of the molecule is Clc1cc2c(c(Cl)c1Br)Oc1c(Cl)cc(Cl)c(Br)c1O2. The predicted molar refractivity (Wildman–Crippen MR) is 88.5 cm³/mol. The number of ether oxygens (including phenoxy) is 2. The maximum Gasteiger partial charge on any atom is 0.190 e. The minimum absolute atomic E-state index is 0.306. The molecule has 1 aliphatic heterocycles. The average Bonchev–Trinajstić information content (AvgIpc) is 2.41. The number of fused-ring (bicyclic) bond motifs is 2. The van der Waals surface area contributed by atoms with Crippen molar-refractivity contribution in [2.75, 3.05) is 0 Å². The molecule has 2 nitrogen and oxygen atoms in total. The summed E-state index contributed by atoms with van der Waals surface area (Å²) in [5.74, 6) is 1.44. The molecule has 0 unspecified atom stereocenters. The normalized spacial score (nSPS) is 12.3. The Morgan fingerprint density at radius 1 is 0.700 bits per heavy atom. The van der Waals surface area contributed by atoms with Crippen LogP contribution >= 0.6 is 78.3 Å². The van der Waals surface area contributed by atoms with Gasteiger partial charge in [0.2, 0.25) is 0 Å². The van der Waals surface area contributed by atoms with Gasteiger partial charge in [-0.1, -0.05) is 46.4 Å². The third-order valence-electron chi connectivity index (χ3n) is 2.59. The van der Waals surface area contributed by atoms with E-state index in [-0.39, 0.29) is 0 Å². The molecule has 0 N–H and O–H groups in total. The van der Waals surface area contributed by atoms with Crippen LogP contribution in [-0.2, 0) is 0 Å². The van der Waals surface area contributed by atoms with E-state index in [1.807, 2.05) is 0 Å². The van der Waals surface area contributed by atoms with Crippen LogP contribution in [0.15, 0.2) is 21.1 Å². The second-order valence-corrected chi connectivity index (χ2v) is 7.02. The average molecular weight is 480 g/mol. The quantitative estimate of drug-likeness (QED) is 0.243. The van der Waals surface area contributed by atoms with Crippen LogP contribution in [0.2, 0.25) is 20.1 Å². The molecule has 104 valence electrons. The maximum atomic E-state index is 6.19. The molecule has 1 heterocycles. The Hall–Kier alpha value is 0.160. The fourth-order valence-corrected chi connectivity index (χ4v) is 3.31. The molecule has 20 heavy (non-hydrogen) atoms. The molecule has 2 aromatic rings. The van der Waals surface area contributed by atoms with Crippen molar-refractivity contribution in [3.05, 3.63) is 41.2 Å². The van der Waals surface area contributed by atoms with Crippen molar-refractivity contribution in [2.24, 2.45) is 0 Å². The van der Waals surface area contributed by atoms with E-state index in [4.69, 9.17) is 55.9 Å². The molecule has 0 saturated heterocycles. The van der Waals surface area contributed by atoms with Gasteiger partial charge in [0.25, 0.3) is 0 Å². The molecule has 0 aromatic heterocycles. The summed E-state index contributed by atoms with van der Waals surface area (Å²) in [6, 6.07) is 3.15. The van der Waals surface area contributed by atoms with Crippen LogP contribution < -0.4 is 9.47 Å². The number of benzene rings is 2. The van der Waals surface area contributed by atoms with E-state index in [2.05, 4.69) is 31.9 Å². The van der Waals surface area contributed by atoms with Gasteiger partial charge in [-0.05, 0) is 37.9 Å². The summed E-state index contributed by atoms with van der Waals surface area (Å²) in [5.41, 5.74) is 0. The van der Waals surface area contributed by atoms with E-state index < -0.39 is 0 Å². The van der Waals surface area contributed by atoms with Crippen LogP contribution in [0.4, 0.5) is 0 Å². The lowest BCUT2D eigenvalue weighted by molar-refractivity contribution is 0.358. The van der Waals surface area contributed by atoms with E-state index >= 15 is 0 Å². The van der Waals surface area contributed by atoms with Crippen molar-refractivity contribution in [1.82, 2.24) is 0 Å². The Balaban J connectivity index is 2.24. The summed E-state index contributed by atoms with van der Waals surface area (Å²) in [4.78, 5) is 0. The Bertz CT molecular complexity index is 749. The Morgan fingerprint density at radius 3 is 2.05 bits per heavy atom. The minimum Gasteiger partial charge on any atom is -0.448 e. The first-order valence-corrected chi connectivity index (χ1v) is 8.20. The van der Waals surface area contributed by atoms with E-state index in [0.29, 0.717) is 52.0 Å². The first-order valence-electron chi connectivity index (χ1n) is 5.11. The van der Waals surface area contributed by atoms with Crippen molar-refractivity contribution in [3.63, 3.8) is 0 Å². The highest BCUT2D eigenvalue weighted by Crippen LogP contribution is 2.57. The molecule has 1 aliphatic rings. The number of rotatable bonds is 0. The molecule has 0 fully saturated rings. The molecule has 0 aliphatic carbocycles. The van der Waals surface area contributed by atoms with Gasteiger partial charge < -0.3 is 9.47 Å². The summed E-state index contributed by atoms with van der Waals surface area (Å²) in [7, 11) is 0. The van der Waals surface area contributed by atoms with Gasteiger partial charge in [-0.2, -0.15) is 0 Å². The van der Waals surface area contributed by atoms with Crippen LogP contribution in [0.5, 0.6) is 23.0 Å². The van der Waals surface area contributed by atoms with Gasteiger partial charge in [0.15, 0.2) is 23.0 Å². The lowest BCUT2D eigenvalue weighted by Gasteiger charge is -2.24. The molecule has 0 bridgehead atoms. The summed E-state index contributed by atoms with van der Waals surface area (Å²) in [6.07, 6.45) is 0. The standard InChI is InChI=1S/C12H2Br2Cl4O2/c13-7-4(16)2-6-11(9(7)18)20-10-5(17)1-3(15)8(14)12(10)19-6/h1-2H. The lowest BCUT2D eigenvalue weighted by Crippen LogP contribution is -2.01. The van der Waals surface area contributed by atoms with Gasteiger partial charge in [0.05, 0.1) is 24.0 Å². The monoisotopic (exact) mass is 476 g/mol. The second-order valence-electron chi connectivity index (χ2n) is 3.83. The van der Waals surface area contributed by atoms with Crippen molar-refractivity contribution < 1.29 is 9.47 Å². The van der Waals surface area contributed by atoms with Crippen molar-refractivity contribution in [2.45, 2.75) is 0 Å². The van der Waals surface area contributed by atoms with Crippen LogP contribution in [0.3, 0.4) is 0 Å². The van der Waals surface area contributed by atoms with Gasteiger partial charge in [0.1, 0.15) is 5.02 Å². The number of halogens is 6. The van der Waals surface area contributed by atoms with E-state index in [1.165, 1.54) is 0 Å². The third-order valence-corrected chi connectivity index (χ3v) is 6.12. The number of hydrogen-bond acceptors (Lipinski definition) is 2. The van der Waals surface area contributed by atoms with Crippen LogP contribution in [-0.4, -0.2) is 0 Å². The van der Waals surface area contributed by atoms with Crippen molar-refractivity contribution in [1.29, 1.82) is 0 Å². The molecule has 0 amide bonds. The zero-order chi connectivity index (χ0) is 14.6. The van der Waals surface area contributed by atoms with Gasteiger partial charge in [-0.15, -0.1) is 0 Å². The second kappa shape index (κ2) is 5.41. The van der Waals surface area contributed by atoms with Crippen LogP contribution in [0, 0.1) is 0 Å². The summed E-state index contributed by atoms with van der Waals surface area (Å²) < 4.78 is 12.6. The van der Waals surface area contributed by atoms with Gasteiger partial charge >= 0.3 is 0 Å². The van der Waals surface area contributed by atoms with Crippen molar-refractivity contribution >= 4 is 78.3 Å². The highest BCUT2D eigenvalue weighted by Gasteiger charge is 2.29. The summed E-state index contributed by atoms with van der Waals surface area (Å²) >= 11 is 31.0. The third kappa shape index (κ3) is 2.31. The molecule has 0 saturated carbocycles. The summed E-state index contributed by atoms with van der Waals surface area (Å²) in [6.45, 7) is 0. The largest absolute Gasteiger partial charge is 0.448 e. The Kier molecular flexibility index (Phi) is 4.08. The fraction of sp³-hybridized carbons (Fsp3) is 0. The molecule has 0 atom stereocenters. The fourth-order valence-electron chi connectivity index (χ4n) is 1.68. The van der Waals surface area contributed by atoms with E-state index in [0.717, 1.165) is 0 Å². The molecule has 8 heteroatoms. The highest BCUT2D eigenvalue weighted by molar-refractivity contribution is 9.11. The van der Waals surface area contributed by atoms with Crippen molar-refractivity contribution in [3.8, 4) is 23.0 Å². The highest BCUT2D eigenvalue weighted by atomic mass is 79.9. The molecular weight excluding hydrogens is 478 g/mol. The molecule has 3 rings (SSSR count). The molecule has 0 spiro atoms. The zero-order valence-corrected chi connectivity index (χ0v) is 15.4. The summed E-state index contributed by atoms with van der Waals surface area (Å²) in [5, 5.41) is 1.45. The Labute approximate surface area is 151 Å². The van der Waals surface area contributed by atoms with Crippen LogP contribution in [0.25, 0.3) is 0 Å². The van der Waals surface area contributed by atoms with Gasteiger partial charge in [0, 0.05) is 6.07 Å². The minimum atomic E-state index is 0.306. The molecule has 0 radical (unpaired) electrons. The first kappa shape index (κ1) is 15.1.